The van der Waals surface area contributed by atoms with Gasteiger partial charge in [0, 0.05) is 18.1 Å². The van der Waals surface area contributed by atoms with Crippen LogP contribution in [-0.4, -0.2) is 38.5 Å². The SMILES string of the molecule is CN(Cc1ccc(Br)cc1)C(=O)c1nn[nH]n1. The van der Waals surface area contributed by atoms with Gasteiger partial charge in [-0.1, -0.05) is 28.1 Å². The second-order valence-electron chi connectivity index (χ2n) is 3.52. The number of carbonyl (C=O) groups is 1. The molecule has 0 bridgehead atoms. The Morgan fingerprint density at radius 3 is 2.71 bits per heavy atom. The van der Waals surface area contributed by atoms with Crippen LogP contribution < -0.4 is 0 Å². The Kier molecular flexibility index (Phi) is 3.48. The average molecular weight is 296 g/mol. The highest BCUT2D eigenvalue weighted by atomic mass is 79.9. The van der Waals surface area contributed by atoms with Crippen molar-refractivity contribution < 1.29 is 4.79 Å². The van der Waals surface area contributed by atoms with E-state index in [1.165, 1.54) is 4.90 Å². The van der Waals surface area contributed by atoms with Crippen LogP contribution in [0.5, 0.6) is 0 Å². The van der Waals surface area contributed by atoms with Crippen molar-refractivity contribution in [3.63, 3.8) is 0 Å². The van der Waals surface area contributed by atoms with Gasteiger partial charge in [0.05, 0.1) is 0 Å². The van der Waals surface area contributed by atoms with Crippen LogP contribution in [0.15, 0.2) is 28.7 Å². The normalized spacial score (nSPS) is 10.2. The number of aromatic amines is 1. The highest BCUT2D eigenvalue weighted by Crippen LogP contribution is 2.12. The zero-order valence-corrected chi connectivity index (χ0v) is 10.7. The van der Waals surface area contributed by atoms with E-state index in [1.807, 2.05) is 24.3 Å². The first kappa shape index (κ1) is 11.7. The molecule has 1 amide bonds. The van der Waals surface area contributed by atoms with Gasteiger partial charge in [0.2, 0.25) is 0 Å². The Hall–Kier alpha value is -1.76. The van der Waals surface area contributed by atoms with Crippen LogP contribution in [0.3, 0.4) is 0 Å². The van der Waals surface area contributed by atoms with E-state index >= 15 is 0 Å². The number of hydrogen-bond donors (Lipinski definition) is 1. The molecule has 0 aliphatic carbocycles. The number of hydrogen-bond acceptors (Lipinski definition) is 4. The summed E-state index contributed by atoms with van der Waals surface area (Å²) >= 11 is 3.36. The molecule has 0 spiro atoms. The van der Waals surface area contributed by atoms with Crippen LogP contribution in [0.4, 0.5) is 0 Å². The number of nitrogens with one attached hydrogen (secondary N) is 1. The first-order chi connectivity index (χ1) is 8.16. The molecule has 1 heterocycles. The fraction of sp³-hybridized carbons (Fsp3) is 0.200. The minimum absolute atomic E-state index is 0.0737. The molecule has 1 aromatic heterocycles. The molecule has 0 saturated heterocycles. The molecule has 0 unspecified atom stereocenters. The lowest BCUT2D eigenvalue weighted by Gasteiger charge is -2.14. The van der Waals surface area contributed by atoms with Crippen molar-refractivity contribution in [3.05, 3.63) is 40.1 Å². The first-order valence-corrected chi connectivity index (χ1v) is 5.69. The summed E-state index contributed by atoms with van der Waals surface area (Å²) in [6.07, 6.45) is 0. The van der Waals surface area contributed by atoms with Crippen LogP contribution in [-0.2, 0) is 6.54 Å². The van der Waals surface area contributed by atoms with Crippen molar-refractivity contribution in [2.75, 3.05) is 7.05 Å². The van der Waals surface area contributed by atoms with Gasteiger partial charge < -0.3 is 4.90 Å². The van der Waals surface area contributed by atoms with Crippen molar-refractivity contribution in [2.24, 2.45) is 0 Å². The van der Waals surface area contributed by atoms with Gasteiger partial charge in [-0.15, -0.1) is 10.2 Å². The zero-order valence-electron chi connectivity index (χ0n) is 9.09. The standard InChI is InChI=1S/C10H10BrN5O/c1-16(10(17)9-12-14-15-13-9)6-7-2-4-8(11)5-3-7/h2-5H,6H2,1H3,(H,12,13,14,15). The van der Waals surface area contributed by atoms with Gasteiger partial charge >= 0.3 is 0 Å². The van der Waals surface area contributed by atoms with Gasteiger partial charge in [-0.2, -0.15) is 5.21 Å². The molecule has 17 heavy (non-hydrogen) atoms. The van der Waals surface area contributed by atoms with Gasteiger partial charge in [-0.3, -0.25) is 4.79 Å². The Morgan fingerprint density at radius 2 is 2.12 bits per heavy atom. The molecule has 2 aromatic rings. The molecule has 88 valence electrons. The lowest BCUT2D eigenvalue weighted by molar-refractivity contribution is 0.0773. The summed E-state index contributed by atoms with van der Waals surface area (Å²) < 4.78 is 1.01. The quantitative estimate of drug-likeness (QED) is 0.924. The van der Waals surface area contributed by atoms with E-state index in [0.29, 0.717) is 6.54 Å². The van der Waals surface area contributed by atoms with Crippen molar-refractivity contribution in [3.8, 4) is 0 Å². The minimum atomic E-state index is -0.262. The number of carbonyl (C=O) groups excluding carboxylic acids is 1. The van der Waals surface area contributed by atoms with Crippen molar-refractivity contribution in [1.82, 2.24) is 25.5 Å². The molecule has 1 aromatic carbocycles. The number of halogens is 1. The van der Waals surface area contributed by atoms with Crippen LogP contribution in [0, 0.1) is 0 Å². The van der Waals surface area contributed by atoms with Crippen LogP contribution in [0.1, 0.15) is 16.2 Å². The first-order valence-electron chi connectivity index (χ1n) is 4.90. The summed E-state index contributed by atoms with van der Waals surface area (Å²) in [4.78, 5) is 13.3. The Balaban J connectivity index is 2.04. The molecular weight excluding hydrogens is 286 g/mol. The van der Waals surface area contributed by atoms with E-state index in [2.05, 4.69) is 36.6 Å². The summed E-state index contributed by atoms with van der Waals surface area (Å²) in [5, 5.41) is 12.9. The van der Waals surface area contributed by atoms with E-state index < -0.39 is 0 Å². The number of nitrogens with zero attached hydrogens (tertiary/aromatic N) is 4. The molecule has 0 aliphatic rings. The second kappa shape index (κ2) is 5.05. The van der Waals surface area contributed by atoms with Crippen molar-refractivity contribution in [1.29, 1.82) is 0 Å². The van der Waals surface area contributed by atoms with Crippen LogP contribution in [0.25, 0.3) is 0 Å². The molecule has 0 saturated carbocycles. The maximum atomic E-state index is 11.8. The third-order valence-electron chi connectivity index (χ3n) is 2.22. The Morgan fingerprint density at radius 1 is 1.41 bits per heavy atom. The number of rotatable bonds is 3. The largest absolute Gasteiger partial charge is 0.335 e. The van der Waals surface area contributed by atoms with E-state index in [-0.39, 0.29) is 11.7 Å². The monoisotopic (exact) mass is 295 g/mol. The number of amides is 1. The van der Waals surface area contributed by atoms with E-state index in [9.17, 15) is 4.79 Å². The fourth-order valence-electron chi connectivity index (χ4n) is 1.36. The van der Waals surface area contributed by atoms with Crippen LogP contribution in [0.2, 0.25) is 0 Å². The van der Waals surface area contributed by atoms with E-state index in [4.69, 9.17) is 0 Å². The smallest absolute Gasteiger partial charge is 0.295 e. The number of tetrazole rings is 1. The highest BCUT2D eigenvalue weighted by molar-refractivity contribution is 9.10. The molecule has 0 radical (unpaired) electrons. The zero-order chi connectivity index (χ0) is 12.3. The molecule has 6 nitrogen and oxygen atoms in total. The molecule has 0 atom stereocenters. The highest BCUT2D eigenvalue weighted by Gasteiger charge is 2.16. The lowest BCUT2D eigenvalue weighted by atomic mass is 10.2. The van der Waals surface area contributed by atoms with Gasteiger partial charge in [-0.05, 0) is 22.9 Å². The Bertz CT molecular complexity index is 496. The third kappa shape index (κ3) is 2.88. The number of H-pyrrole nitrogens is 1. The van der Waals surface area contributed by atoms with Gasteiger partial charge in [0.15, 0.2) is 0 Å². The predicted molar refractivity (Wildman–Crippen MR) is 64.1 cm³/mol. The molecule has 1 N–H and O–H groups in total. The fourth-order valence-corrected chi connectivity index (χ4v) is 1.62. The lowest BCUT2D eigenvalue weighted by Crippen LogP contribution is -2.27. The number of aromatic nitrogens is 4. The number of benzene rings is 1. The molecule has 0 aliphatic heterocycles. The van der Waals surface area contributed by atoms with Gasteiger partial charge in [-0.25, -0.2) is 0 Å². The molecule has 7 heteroatoms. The predicted octanol–water partition coefficient (Wildman–Crippen LogP) is 1.23. The maximum Gasteiger partial charge on any atom is 0.295 e. The van der Waals surface area contributed by atoms with Gasteiger partial charge in [0.25, 0.3) is 11.7 Å². The van der Waals surface area contributed by atoms with Crippen molar-refractivity contribution >= 4 is 21.8 Å². The third-order valence-corrected chi connectivity index (χ3v) is 2.74. The summed E-state index contributed by atoms with van der Waals surface area (Å²) in [6, 6.07) is 7.76. The van der Waals surface area contributed by atoms with Gasteiger partial charge in [0.1, 0.15) is 0 Å². The minimum Gasteiger partial charge on any atom is -0.335 e. The van der Waals surface area contributed by atoms with Crippen LogP contribution >= 0.6 is 15.9 Å². The molecule has 0 fully saturated rings. The molecule has 2 rings (SSSR count). The van der Waals surface area contributed by atoms with E-state index in [1.54, 1.807) is 7.05 Å². The van der Waals surface area contributed by atoms with Crippen molar-refractivity contribution in [2.45, 2.75) is 6.54 Å². The molecular formula is C10H10BrN5O. The topological polar surface area (TPSA) is 74.8 Å². The summed E-state index contributed by atoms with van der Waals surface area (Å²) in [5.41, 5.74) is 1.03. The summed E-state index contributed by atoms with van der Waals surface area (Å²) in [6.45, 7) is 0.501. The second-order valence-corrected chi connectivity index (χ2v) is 4.44. The average Bonchev–Trinajstić information content (AvgIpc) is 2.84. The van der Waals surface area contributed by atoms with E-state index in [0.717, 1.165) is 10.0 Å². The summed E-state index contributed by atoms with van der Waals surface area (Å²) in [5.74, 6) is -0.189. The summed E-state index contributed by atoms with van der Waals surface area (Å²) in [7, 11) is 1.70. The Labute approximate surface area is 106 Å². The maximum absolute atomic E-state index is 11.8.